The molecule has 0 radical (unpaired) electrons. The van der Waals surface area contributed by atoms with Crippen molar-refractivity contribution in [1.82, 2.24) is 15.2 Å². The van der Waals surface area contributed by atoms with Crippen LogP contribution in [0.3, 0.4) is 0 Å². The lowest BCUT2D eigenvalue weighted by Gasteiger charge is -2.12. The summed E-state index contributed by atoms with van der Waals surface area (Å²) in [5, 5.41) is 5.03. The molecular weight excluding hydrogens is 276 g/mol. The lowest BCUT2D eigenvalue weighted by molar-refractivity contribution is 0.409. The van der Waals surface area contributed by atoms with Crippen LogP contribution in [0.1, 0.15) is 49.2 Å². The first kappa shape index (κ1) is 13.7. The van der Waals surface area contributed by atoms with Crippen LogP contribution in [-0.4, -0.2) is 9.78 Å². The Bertz CT molecular complexity index is 559. The molecule has 1 fully saturated rings. The van der Waals surface area contributed by atoms with Crippen molar-refractivity contribution in [2.75, 3.05) is 0 Å². The van der Waals surface area contributed by atoms with Crippen molar-refractivity contribution in [3.8, 4) is 0 Å². The van der Waals surface area contributed by atoms with E-state index in [-0.39, 0.29) is 6.04 Å². The third-order valence-electron chi connectivity index (χ3n) is 3.91. The van der Waals surface area contributed by atoms with Crippen molar-refractivity contribution < 1.29 is 4.42 Å². The molecule has 5 nitrogen and oxygen atoms in total. The zero-order valence-electron chi connectivity index (χ0n) is 11.3. The Morgan fingerprint density at radius 3 is 2.85 bits per heavy atom. The Balaban J connectivity index is 1.69. The van der Waals surface area contributed by atoms with Crippen LogP contribution in [0, 0.1) is 0 Å². The Morgan fingerprint density at radius 1 is 1.40 bits per heavy atom. The Labute approximate surface area is 123 Å². The van der Waals surface area contributed by atoms with E-state index in [1.54, 1.807) is 6.07 Å². The molecular formula is C14H19ClN4O. The monoisotopic (exact) mass is 294 g/mol. The largest absolute Gasteiger partial charge is 0.448 e. The number of aromatic nitrogens is 2. The zero-order valence-corrected chi connectivity index (χ0v) is 12.0. The predicted octanol–water partition coefficient (Wildman–Crippen LogP) is 2.99. The Hall–Kier alpha value is -1.30. The highest BCUT2D eigenvalue weighted by Gasteiger charge is 2.20. The molecule has 0 aromatic carbocycles. The number of furan rings is 1. The van der Waals surface area contributed by atoms with Crippen molar-refractivity contribution in [2.45, 2.75) is 44.2 Å². The number of hydrogen-bond acceptors (Lipinski definition) is 4. The van der Waals surface area contributed by atoms with Gasteiger partial charge in [0.25, 0.3) is 0 Å². The van der Waals surface area contributed by atoms with E-state index in [0.29, 0.717) is 17.7 Å². The van der Waals surface area contributed by atoms with Gasteiger partial charge in [-0.2, -0.15) is 5.10 Å². The molecule has 3 rings (SSSR count). The van der Waals surface area contributed by atoms with Gasteiger partial charge in [0.05, 0.1) is 17.8 Å². The minimum Gasteiger partial charge on any atom is -0.448 e. The summed E-state index contributed by atoms with van der Waals surface area (Å²) in [6.07, 6.45) is 7.81. The van der Waals surface area contributed by atoms with E-state index in [0.717, 1.165) is 11.5 Å². The molecule has 0 saturated heterocycles. The van der Waals surface area contributed by atoms with Crippen LogP contribution in [0.2, 0.25) is 5.22 Å². The van der Waals surface area contributed by atoms with Gasteiger partial charge in [-0.3, -0.25) is 10.5 Å². The highest BCUT2D eigenvalue weighted by Crippen LogP contribution is 2.29. The Morgan fingerprint density at radius 2 is 2.20 bits per heavy atom. The van der Waals surface area contributed by atoms with Crippen molar-refractivity contribution in [3.63, 3.8) is 0 Å². The van der Waals surface area contributed by atoms with Gasteiger partial charge in [0.15, 0.2) is 5.22 Å². The fourth-order valence-corrected chi connectivity index (χ4v) is 2.98. The summed E-state index contributed by atoms with van der Waals surface area (Å²) < 4.78 is 7.49. The number of nitrogens with zero attached hydrogens (tertiary/aromatic N) is 2. The van der Waals surface area contributed by atoms with Crippen molar-refractivity contribution in [3.05, 3.63) is 41.1 Å². The molecule has 6 heteroatoms. The number of halogens is 1. The van der Waals surface area contributed by atoms with Gasteiger partial charge in [-0.1, -0.05) is 12.8 Å². The van der Waals surface area contributed by atoms with Gasteiger partial charge in [0.1, 0.15) is 5.76 Å². The van der Waals surface area contributed by atoms with E-state index in [1.165, 1.54) is 25.7 Å². The average Bonchev–Trinajstić information content (AvgIpc) is 3.16. The van der Waals surface area contributed by atoms with Crippen molar-refractivity contribution >= 4 is 11.6 Å². The van der Waals surface area contributed by atoms with E-state index >= 15 is 0 Å². The maximum Gasteiger partial charge on any atom is 0.193 e. The zero-order chi connectivity index (χ0) is 13.9. The van der Waals surface area contributed by atoms with Crippen LogP contribution in [-0.2, 0) is 6.42 Å². The quantitative estimate of drug-likeness (QED) is 0.657. The molecule has 1 saturated carbocycles. The molecule has 1 unspecified atom stereocenters. The topological polar surface area (TPSA) is 69.0 Å². The molecule has 2 aromatic rings. The number of rotatable bonds is 5. The van der Waals surface area contributed by atoms with E-state index in [9.17, 15) is 0 Å². The van der Waals surface area contributed by atoms with Gasteiger partial charge in [-0.25, -0.2) is 5.43 Å². The van der Waals surface area contributed by atoms with Crippen LogP contribution in [0.25, 0.3) is 0 Å². The molecule has 3 N–H and O–H groups in total. The first-order valence-corrected chi connectivity index (χ1v) is 7.39. The second-order valence-corrected chi connectivity index (χ2v) is 5.66. The summed E-state index contributed by atoms with van der Waals surface area (Å²) in [4.78, 5) is 0. The van der Waals surface area contributed by atoms with Gasteiger partial charge >= 0.3 is 0 Å². The summed E-state index contributed by atoms with van der Waals surface area (Å²) in [6, 6.07) is 6.05. The average molecular weight is 295 g/mol. The highest BCUT2D eigenvalue weighted by atomic mass is 35.5. The molecule has 0 bridgehead atoms. The molecule has 1 aliphatic carbocycles. The molecule has 0 spiro atoms. The van der Waals surface area contributed by atoms with Crippen LogP contribution in [0.4, 0.5) is 0 Å². The normalized spacial score (nSPS) is 17.7. The Kier molecular flexibility index (Phi) is 4.10. The van der Waals surface area contributed by atoms with Crippen LogP contribution in [0.15, 0.2) is 28.8 Å². The molecule has 1 atom stereocenters. The maximum atomic E-state index is 5.80. The minimum atomic E-state index is -0.116. The summed E-state index contributed by atoms with van der Waals surface area (Å²) in [5.41, 5.74) is 3.76. The van der Waals surface area contributed by atoms with Crippen LogP contribution >= 0.6 is 11.6 Å². The molecule has 1 aliphatic rings. The van der Waals surface area contributed by atoms with Gasteiger partial charge in [0.2, 0.25) is 0 Å². The minimum absolute atomic E-state index is 0.116. The standard InChI is InChI=1S/C14H19ClN4O/c15-14-6-5-13(20-14)12(17-16)9-10-7-8-19(18-10)11-3-1-2-4-11/h5-8,11-12,17H,1-4,9,16H2. The molecule has 0 amide bonds. The van der Waals surface area contributed by atoms with Gasteiger partial charge < -0.3 is 4.42 Å². The summed E-state index contributed by atoms with van der Waals surface area (Å²) in [5.74, 6) is 6.33. The van der Waals surface area contributed by atoms with Crippen molar-refractivity contribution in [2.24, 2.45) is 5.84 Å². The summed E-state index contributed by atoms with van der Waals surface area (Å²) >= 11 is 5.80. The molecule has 2 aromatic heterocycles. The summed E-state index contributed by atoms with van der Waals surface area (Å²) in [6.45, 7) is 0. The smallest absolute Gasteiger partial charge is 0.193 e. The molecule has 0 aliphatic heterocycles. The third kappa shape index (κ3) is 2.90. The van der Waals surface area contributed by atoms with Crippen LogP contribution in [0.5, 0.6) is 0 Å². The maximum absolute atomic E-state index is 5.80. The first-order chi connectivity index (χ1) is 9.76. The van der Waals surface area contributed by atoms with E-state index in [4.69, 9.17) is 21.9 Å². The van der Waals surface area contributed by atoms with E-state index in [2.05, 4.69) is 21.4 Å². The number of hydrazine groups is 1. The predicted molar refractivity (Wildman–Crippen MR) is 77.2 cm³/mol. The number of nitrogens with two attached hydrogens (primary N) is 1. The molecule has 108 valence electrons. The third-order valence-corrected chi connectivity index (χ3v) is 4.12. The van der Waals surface area contributed by atoms with Crippen molar-refractivity contribution in [1.29, 1.82) is 0 Å². The second-order valence-electron chi connectivity index (χ2n) is 5.29. The molecule has 2 heterocycles. The lowest BCUT2D eigenvalue weighted by Crippen LogP contribution is -2.29. The van der Waals surface area contributed by atoms with E-state index < -0.39 is 0 Å². The fourth-order valence-electron chi connectivity index (χ4n) is 2.82. The van der Waals surface area contributed by atoms with Crippen LogP contribution < -0.4 is 11.3 Å². The fraction of sp³-hybridized carbons (Fsp3) is 0.500. The number of hydrogen-bond donors (Lipinski definition) is 2. The van der Waals surface area contributed by atoms with Gasteiger partial charge in [0, 0.05) is 12.6 Å². The van der Waals surface area contributed by atoms with E-state index in [1.807, 2.05) is 12.1 Å². The SMILES string of the molecule is NNC(Cc1ccn(C2CCCC2)n1)c1ccc(Cl)o1. The number of nitrogens with one attached hydrogen (secondary N) is 1. The summed E-state index contributed by atoms with van der Waals surface area (Å²) in [7, 11) is 0. The second kappa shape index (κ2) is 5.99. The highest BCUT2D eigenvalue weighted by molar-refractivity contribution is 6.28. The van der Waals surface area contributed by atoms with Gasteiger partial charge in [-0.05, 0) is 42.6 Å². The molecule has 20 heavy (non-hydrogen) atoms. The first-order valence-electron chi connectivity index (χ1n) is 7.01. The van der Waals surface area contributed by atoms with Gasteiger partial charge in [-0.15, -0.1) is 0 Å². The lowest BCUT2D eigenvalue weighted by atomic mass is 10.1.